The molecule has 0 rings (SSSR count). The Morgan fingerprint density at radius 1 is 1.46 bits per heavy atom. The van der Waals surface area contributed by atoms with Crippen molar-refractivity contribution in [3.8, 4) is 0 Å². The predicted octanol–water partition coefficient (Wildman–Crippen LogP) is -2.13. The van der Waals surface area contributed by atoms with Crippen LogP contribution in [0.1, 0.15) is 6.92 Å². The van der Waals surface area contributed by atoms with E-state index in [0.29, 0.717) is 0 Å². The number of carboxylic acids is 1. The smallest absolute Gasteiger partial charge is 0.324 e. The fourth-order valence-electron chi connectivity index (χ4n) is 0.581. The van der Waals surface area contributed by atoms with Gasteiger partial charge in [0.05, 0.1) is 6.10 Å². The molecule has 0 radical (unpaired) electrons. The first-order valence-electron chi connectivity index (χ1n) is 3.42. The average molecular weight is 212 g/mol. The van der Waals surface area contributed by atoms with Crippen molar-refractivity contribution in [2.75, 3.05) is 7.05 Å². The Balaban J connectivity index is 4.54. The lowest BCUT2D eigenvalue weighted by Crippen LogP contribution is -2.50. The number of hydrogen-bond acceptors (Lipinski definition) is 4. The van der Waals surface area contributed by atoms with Crippen LogP contribution in [0.3, 0.4) is 0 Å². The summed E-state index contributed by atoms with van der Waals surface area (Å²) < 4.78 is 25.3. The zero-order valence-electron chi connectivity index (χ0n) is 7.18. The lowest BCUT2D eigenvalue weighted by Gasteiger charge is -2.16. The number of aliphatic hydroxyl groups excluding tert-OH is 1. The first kappa shape index (κ1) is 12.3. The molecule has 0 saturated carbocycles. The van der Waals surface area contributed by atoms with Crippen LogP contribution in [0.25, 0.3) is 0 Å². The van der Waals surface area contributed by atoms with Crippen LogP contribution in [0.4, 0.5) is 0 Å². The highest BCUT2D eigenvalue weighted by Gasteiger charge is 2.27. The lowest BCUT2D eigenvalue weighted by atomic mass is 10.2. The molecule has 0 heterocycles. The first-order valence-corrected chi connectivity index (χ1v) is 4.90. The Hall–Kier alpha value is -0.700. The van der Waals surface area contributed by atoms with E-state index in [1.807, 2.05) is 4.72 Å². The Morgan fingerprint density at radius 2 is 1.92 bits per heavy atom. The molecule has 4 N–H and O–H groups in total. The van der Waals surface area contributed by atoms with E-state index in [-0.39, 0.29) is 0 Å². The molecule has 0 aliphatic heterocycles. The molecule has 0 unspecified atom stereocenters. The topological polar surface area (TPSA) is 116 Å². The van der Waals surface area contributed by atoms with Crippen molar-refractivity contribution < 1.29 is 23.4 Å². The molecule has 0 aromatic carbocycles. The van der Waals surface area contributed by atoms with Gasteiger partial charge in [-0.1, -0.05) is 0 Å². The molecule has 8 heteroatoms. The van der Waals surface area contributed by atoms with Gasteiger partial charge in [-0.25, -0.2) is 4.72 Å². The number of rotatable bonds is 5. The highest BCUT2D eigenvalue weighted by atomic mass is 32.2. The SMILES string of the molecule is CNS(=O)(=O)N[C@H](C(=O)O)[C@@H](C)O. The third kappa shape index (κ3) is 4.18. The van der Waals surface area contributed by atoms with Gasteiger partial charge in [-0.05, 0) is 6.92 Å². The molecule has 0 aliphatic rings. The van der Waals surface area contributed by atoms with E-state index < -0.39 is 28.3 Å². The highest BCUT2D eigenvalue weighted by Crippen LogP contribution is 1.94. The quantitative estimate of drug-likeness (QED) is 0.415. The first-order chi connectivity index (χ1) is 5.80. The molecular weight excluding hydrogens is 200 g/mol. The van der Waals surface area contributed by atoms with Gasteiger partial charge in [-0.15, -0.1) is 0 Å². The molecule has 0 aromatic rings. The van der Waals surface area contributed by atoms with E-state index in [4.69, 9.17) is 10.2 Å². The van der Waals surface area contributed by atoms with E-state index in [2.05, 4.69) is 0 Å². The van der Waals surface area contributed by atoms with E-state index in [1.54, 1.807) is 4.72 Å². The van der Waals surface area contributed by atoms with Gasteiger partial charge in [-0.2, -0.15) is 13.1 Å². The third-order valence-corrected chi connectivity index (χ3v) is 2.40. The maximum Gasteiger partial charge on any atom is 0.324 e. The number of carbonyl (C=O) groups is 1. The van der Waals surface area contributed by atoms with E-state index >= 15 is 0 Å². The maximum atomic E-state index is 10.8. The van der Waals surface area contributed by atoms with E-state index in [0.717, 1.165) is 7.05 Å². The van der Waals surface area contributed by atoms with Crippen molar-refractivity contribution in [1.29, 1.82) is 0 Å². The van der Waals surface area contributed by atoms with Gasteiger partial charge >= 0.3 is 5.97 Å². The molecule has 0 saturated heterocycles. The standard InChI is InChI=1S/C5H12N2O5S/c1-3(8)4(5(9)10)7-13(11,12)6-2/h3-4,6-8H,1-2H3,(H,9,10)/t3-,4+/m1/s1. The minimum atomic E-state index is -3.85. The Morgan fingerprint density at radius 3 is 2.15 bits per heavy atom. The van der Waals surface area contributed by atoms with Crippen molar-refractivity contribution in [3.05, 3.63) is 0 Å². The summed E-state index contributed by atoms with van der Waals surface area (Å²) in [6.45, 7) is 1.18. The molecule has 7 nitrogen and oxygen atoms in total. The van der Waals surface area contributed by atoms with Gasteiger partial charge in [0.15, 0.2) is 0 Å². The summed E-state index contributed by atoms with van der Waals surface area (Å²) in [5.74, 6) is -1.44. The highest BCUT2D eigenvalue weighted by molar-refractivity contribution is 7.87. The zero-order valence-corrected chi connectivity index (χ0v) is 8.00. The van der Waals surface area contributed by atoms with Gasteiger partial charge in [-0.3, -0.25) is 4.79 Å². The molecule has 0 amide bonds. The summed E-state index contributed by atoms with van der Waals surface area (Å²) in [7, 11) is -2.72. The molecule has 0 aromatic heterocycles. The summed E-state index contributed by atoms with van der Waals surface area (Å²) in [4.78, 5) is 10.4. The monoisotopic (exact) mass is 212 g/mol. The largest absolute Gasteiger partial charge is 0.480 e. The third-order valence-electron chi connectivity index (χ3n) is 1.30. The van der Waals surface area contributed by atoms with Crippen molar-refractivity contribution in [3.63, 3.8) is 0 Å². The second-order valence-corrected chi connectivity index (χ2v) is 4.03. The van der Waals surface area contributed by atoms with E-state index in [1.165, 1.54) is 6.92 Å². The van der Waals surface area contributed by atoms with Crippen molar-refractivity contribution in [2.24, 2.45) is 0 Å². The van der Waals surface area contributed by atoms with Crippen LogP contribution in [-0.2, 0) is 15.0 Å². The Bertz CT molecular complexity index is 273. The van der Waals surface area contributed by atoms with Crippen LogP contribution in [0.5, 0.6) is 0 Å². The second-order valence-electron chi connectivity index (χ2n) is 2.38. The number of hydrogen-bond donors (Lipinski definition) is 4. The van der Waals surface area contributed by atoms with Gasteiger partial charge in [0.1, 0.15) is 6.04 Å². The zero-order chi connectivity index (χ0) is 10.6. The average Bonchev–Trinajstić information content (AvgIpc) is 1.99. The van der Waals surface area contributed by atoms with Crippen LogP contribution in [0, 0.1) is 0 Å². The fourth-order valence-corrected chi connectivity index (χ4v) is 1.33. The van der Waals surface area contributed by atoms with Crippen molar-refractivity contribution >= 4 is 16.2 Å². The summed E-state index contributed by atoms with van der Waals surface area (Å²) in [6, 6.07) is -1.54. The van der Waals surface area contributed by atoms with Crippen LogP contribution < -0.4 is 9.44 Å². The summed E-state index contributed by atoms with van der Waals surface area (Å²) in [6.07, 6.45) is -1.30. The van der Waals surface area contributed by atoms with Crippen LogP contribution in [0.2, 0.25) is 0 Å². The van der Waals surface area contributed by atoms with Crippen LogP contribution in [-0.4, -0.2) is 43.8 Å². The van der Waals surface area contributed by atoms with Crippen molar-refractivity contribution in [1.82, 2.24) is 9.44 Å². The van der Waals surface area contributed by atoms with Crippen LogP contribution in [0.15, 0.2) is 0 Å². The number of aliphatic hydroxyl groups is 1. The van der Waals surface area contributed by atoms with Gasteiger partial charge < -0.3 is 10.2 Å². The lowest BCUT2D eigenvalue weighted by molar-refractivity contribution is -0.141. The Labute approximate surface area is 75.9 Å². The van der Waals surface area contributed by atoms with Crippen molar-refractivity contribution in [2.45, 2.75) is 19.1 Å². The molecule has 0 bridgehead atoms. The number of nitrogens with one attached hydrogen (secondary N) is 2. The van der Waals surface area contributed by atoms with Crippen LogP contribution >= 0.6 is 0 Å². The number of aliphatic carboxylic acids is 1. The number of carboxylic acid groups (broad SMARTS) is 1. The molecule has 13 heavy (non-hydrogen) atoms. The van der Waals surface area contributed by atoms with Gasteiger partial charge in [0, 0.05) is 7.05 Å². The maximum absolute atomic E-state index is 10.8. The molecule has 0 fully saturated rings. The summed E-state index contributed by atoms with van der Waals surface area (Å²) in [5.41, 5.74) is 0. The summed E-state index contributed by atoms with van der Waals surface area (Å²) >= 11 is 0. The molecule has 0 aliphatic carbocycles. The minimum absolute atomic E-state index is 1.13. The molecular formula is C5H12N2O5S. The second kappa shape index (κ2) is 4.51. The Kier molecular flexibility index (Phi) is 4.27. The fraction of sp³-hybridized carbons (Fsp3) is 0.800. The molecule has 0 spiro atoms. The molecule has 2 atom stereocenters. The predicted molar refractivity (Wildman–Crippen MR) is 44.2 cm³/mol. The van der Waals surface area contributed by atoms with E-state index in [9.17, 15) is 13.2 Å². The minimum Gasteiger partial charge on any atom is -0.480 e. The van der Waals surface area contributed by atoms with Gasteiger partial charge in [0.2, 0.25) is 0 Å². The van der Waals surface area contributed by atoms with Gasteiger partial charge in [0.25, 0.3) is 10.2 Å². The summed E-state index contributed by atoms with van der Waals surface area (Å²) in [5, 5.41) is 17.4. The molecule has 78 valence electrons. The normalized spacial score (nSPS) is 16.5.